The molecule has 7 heteroatoms. The molecule has 3 N–H and O–H groups in total. The Hall–Kier alpha value is -1.57. The van der Waals surface area contributed by atoms with Crippen molar-refractivity contribution in [3.8, 4) is 0 Å². The van der Waals surface area contributed by atoms with E-state index in [4.69, 9.17) is 4.74 Å². The zero-order valence-electron chi connectivity index (χ0n) is 23.1. The molecule has 7 nitrogen and oxygen atoms in total. The summed E-state index contributed by atoms with van der Waals surface area (Å²) >= 11 is 0. The molecule has 5 aliphatic carbocycles. The van der Waals surface area contributed by atoms with Crippen LogP contribution in [0.15, 0.2) is 11.1 Å². The molecule has 0 amide bonds. The second-order valence-corrected chi connectivity index (χ2v) is 14.7. The Labute approximate surface area is 219 Å². The average molecular weight is 515 g/mol. The third-order valence-electron chi connectivity index (χ3n) is 12.8. The predicted octanol–water partition coefficient (Wildman–Crippen LogP) is 2.98. The number of aliphatic hydroxyl groups is 3. The zero-order chi connectivity index (χ0) is 27.2. The molecular formula is C30H42O7. The van der Waals surface area contributed by atoms with Gasteiger partial charge < -0.3 is 20.1 Å². The van der Waals surface area contributed by atoms with E-state index in [-0.39, 0.29) is 41.2 Å². The van der Waals surface area contributed by atoms with E-state index in [1.165, 1.54) is 0 Å². The first kappa shape index (κ1) is 25.7. The Balaban J connectivity index is 1.59. The maximum Gasteiger partial charge on any atom is 0.309 e. The van der Waals surface area contributed by atoms with Gasteiger partial charge in [0.2, 0.25) is 0 Å². The Bertz CT molecular complexity index is 1150. The number of aliphatic hydroxyl groups excluding tert-OH is 3. The number of Topliss-reactive ketones (excluding diaryl/α,β-unsaturated/α-hetero) is 2. The predicted molar refractivity (Wildman–Crippen MR) is 134 cm³/mol. The summed E-state index contributed by atoms with van der Waals surface area (Å²) in [6, 6.07) is 0. The van der Waals surface area contributed by atoms with Gasteiger partial charge in [-0.25, -0.2) is 0 Å². The van der Waals surface area contributed by atoms with E-state index in [0.717, 1.165) is 0 Å². The van der Waals surface area contributed by atoms with Gasteiger partial charge >= 0.3 is 5.97 Å². The van der Waals surface area contributed by atoms with E-state index in [1.54, 1.807) is 0 Å². The van der Waals surface area contributed by atoms with Crippen molar-refractivity contribution in [1.82, 2.24) is 0 Å². The highest BCUT2D eigenvalue weighted by atomic mass is 16.6. The van der Waals surface area contributed by atoms with E-state index < -0.39 is 51.5 Å². The van der Waals surface area contributed by atoms with Gasteiger partial charge in [0.05, 0.1) is 29.5 Å². The topological polar surface area (TPSA) is 121 Å². The highest BCUT2D eigenvalue weighted by Crippen LogP contribution is 2.75. The van der Waals surface area contributed by atoms with Gasteiger partial charge in [-0.3, -0.25) is 14.4 Å². The number of hydrogen-bond donors (Lipinski definition) is 3. The van der Waals surface area contributed by atoms with Crippen molar-refractivity contribution in [3.63, 3.8) is 0 Å². The summed E-state index contributed by atoms with van der Waals surface area (Å²) in [6.45, 7) is 13.5. The fourth-order valence-electron chi connectivity index (χ4n) is 11.0. The SMILES string of the molecule is CC1CC2(CC(C)C3C2C(=O)C2(C)C4=C(C(=O)C(O)C32C)C2(C)CCC(O)C(C)(C)C2CC4O)OC1=O. The molecule has 1 heterocycles. The molecule has 204 valence electrons. The van der Waals surface area contributed by atoms with E-state index in [0.29, 0.717) is 43.3 Å². The highest BCUT2D eigenvalue weighted by Gasteiger charge is 2.81. The van der Waals surface area contributed by atoms with Gasteiger partial charge in [0, 0.05) is 17.4 Å². The molecule has 37 heavy (non-hydrogen) atoms. The Kier molecular flexibility index (Phi) is 4.96. The molecule has 6 rings (SSSR count). The monoisotopic (exact) mass is 514 g/mol. The van der Waals surface area contributed by atoms with Crippen LogP contribution in [0, 0.1) is 51.2 Å². The quantitative estimate of drug-likeness (QED) is 0.425. The summed E-state index contributed by atoms with van der Waals surface area (Å²) in [6.07, 6.45) is -0.581. The minimum atomic E-state index is -1.40. The summed E-state index contributed by atoms with van der Waals surface area (Å²) < 4.78 is 6.01. The van der Waals surface area contributed by atoms with Gasteiger partial charge in [-0.1, -0.05) is 41.5 Å². The number of esters is 1. The first-order chi connectivity index (χ1) is 17.0. The zero-order valence-corrected chi connectivity index (χ0v) is 23.1. The van der Waals surface area contributed by atoms with Crippen LogP contribution in [-0.4, -0.2) is 56.8 Å². The molecule has 12 unspecified atom stereocenters. The Morgan fingerprint density at radius 2 is 1.59 bits per heavy atom. The molecule has 0 bridgehead atoms. The summed E-state index contributed by atoms with van der Waals surface area (Å²) in [5, 5.41) is 34.6. The second kappa shape index (κ2) is 7.14. The lowest BCUT2D eigenvalue weighted by Gasteiger charge is -2.62. The van der Waals surface area contributed by atoms with Crippen molar-refractivity contribution in [2.75, 3.05) is 0 Å². The fraction of sp³-hybridized carbons (Fsp3) is 0.833. The maximum atomic E-state index is 14.8. The molecule has 1 saturated heterocycles. The third kappa shape index (κ3) is 2.58. The van der Waals surface area contributed by atoms with E-state index in [1.807, 2.05) is 48.5 Å². The maximum absolute atomic E-state index is 14.8. The third-order valence-corrected chi connectivity index (χ3v) is 12.8. The minimum Gasteiger partial charge on any atom is -0.458 e. The summed E-state index contributed by atoms with van der Waals surface area (Å²) in [7, 11) is 0. The minimum absolute atomic E-state index is 0.0451. The highest BCUT2D eigenvalue weighted by molar-refractivity contribution is 6.08. The van der Waals surface area contributed by atoms with Crippen molar-refractivity contribution in [1.29, 1.82) is 0 Å². The standard InChI is InChI=1S/C30H42O7/c1-13-11-30(12-14(2)25(36)37-30)21-18(13)28(6)24(35)22(33)20-19(29(28,7)23(21)34)15(31)10-16-26(3,4)17(32)8-9-27(16,20)5/h13-18,21,24,31-32,35H,8-12H2,1-7H3. The first-order valence-electron chi connectivity index (χ1n) is 14.1. The molecule has 1 aliphatic heterocycles. The van der Waals surface area contributed by atoms with Gasteiger partial charge in [-0.2, -0.15) is 0 Å². The number of ether oxygens (including phenoxy) is 1. The lowest BCUT2D eigenvalue weighted by Crippen LogP contribution is -2.65. The molecule has 3 saturated carbocycles. The smallest absolute Gasteiger partial charge is 0.309 e. The molecule has 1 spiro atoms. The largest absolute Gasteiger partial charge is 0.458 e. The fourth-order valence-corrected chi connectivity index (χ4v) is 11.0. The number of ketones is 2. The molecule has 6 aliphatic rings. The number of fused-ring (bicyclic) bond motifs is 7. The second-order valence-electron chi connectivity index (χ2n) is 14.7. The molecule has 0 aromatic rings. The molecule has 12 atom stereocenters. The molecule has 0 radical (unpaired) electrons. The van der Waals surface area contributed by atoms with Crippen LogP contribution in [0.2, 0.25) is 0 Å². The molecule has 0 aromatic heterocycles. The van der Waals surface area contributed by atoms with Crippen LogP contribution in [-0.2, 0) is 19.1 Å². The van der Waals surface area contributed by atoms with E-state index in [9.17, 15) is 29.7 Å². The van der Waals surface area contributed by atoms with E-state index >= 15 is 0 Å². The van der Waals surface area contributed by atoms with Crippen LogP contribution in [0.25, 0.3) is 0 Å². The van der Waals surface area contributed by atoms with Crippen LogP contribution >= 0.6 is 0 Å². The van der Waals surface area contributed by atoms with Gasteiger partial charge in [0.15, 0.2) is 11.6 Å². The molecule has 0 aromatic carbocycles. The van der Waals surface area contributed by atoms with Crippen molar-refractivity contribution in [2.24, 2.45) is 51.2 Å². The Morgan fingerprint density at radius 1 is 0.946 bits per heavy atom. The first-order valence-corrected chi connectivity index (χ1v) is 14.1. The van der Waals surface area contributed by atoms with Gasteiger partial charge in [0.25, 0.3) is 0 Å². The van der Waals surface area contributed by atoms with Crippen molar-refractivity contribution >= 4 is 17.5 Å². The molecule has 4 fully saturated rings. The number of carbonyl (C=O) groups excluding carboxylic acids is 3. The van der Waals surface area contributed by atoms with Crippen LogP contribution in [0.5, 0.6) is 0 Å². The van der Waals surface area contributed by atoms with Gasteiger partial charge in [-0.15, -0.1) is 0 Å². The molecular weight excluding hydrogens is 472 g/mol. The summed E-state index contributed by atoms with van der Waals surface area (Å²) in [5.41, 5.74) is -3.63. The normalized spacial score (nSPS) is 56.2. The van der Waals surface area contributed by atoms with Crippen LogP contribution in [0.1, 0.15) is 80.6 Å². The summed E-state index contributed by atoms with van der Waals surface area (Å²) in [5.74, 6) is -2.29. The van der Waals surface area contributed by atoms with Crippen molar-refractivity contribution in [3.05, 3.63) is 11.1 Å². The van der Waals surface area contributed by atoms with E-state index in [2.05, 4.69) is 0 Å². The van der Waals surface area contributed by atoms with Crippen molar-refractivity contribution in [2.45, 2.75) is 104 Å². The van der Waals surface area contributed by atoms with Crippen LogP contribution in [0.4, 0.5) is 0 Å². The van der Waals surface area contributed by atoms with Crippen LogP contribution < -0.4 is 0 Å². The summed E-state index contributed by atoms with van der Waals surface area (Å²) in [4.78, 5) is 41.6. The lowest BCUT2D eigenvalue weighted by atomic mass is 9.42. The number of carbonyl (C=O) groups is 3. The Morgan fingerprint density at radius 3 is 2.19 bits per heavy atom. The number of hydrogen-bond acceptors (Lipinski definition) is 7. The lowest BCUT2D eigenvalue weighted by molar-refractivity contribution is -0.159. The average Bonchev–Trinajstić information content (AvgIpc) is 3.33. The number of rotatable bonds is 0. The van der Waals surface area contributed by atoms with Gasteiger partial charge in [-0.05, 0) is 66.8 Å². The van der Waals surface area contributed by atoms with Gasteiger partial charge in [0.1, 0.15) is 11.7 Å². The van der Waals surface area contributed by atoms with Crippen molar-refractivity contribution < 1.29 is 34.4 Å². The van der Waals surface area contributed by atoms with Crippen LogP contribution in [0.3, 0.4) is 0 Å².